The summed E-state index contributed by atoms with van der Waals surface area (Å²) in [4.78, 5) is 24.7. The van der Waals surface area contributed by atoms with Crippen LogP contribution in [0.15, 0.2) is 48.5 Å². The van der Waals surface area contributed by atoms with E-state index in [9.17, 15) is 9.59 Å². The van der Waals surface area contributed by atoms with Gasteiger partial charge in [-0.1, -0.05) is 38.1 Å². The van der Waals surface area contributed by atoms with Crippen molar-refractivity contribution in [3.8, 4) is 11.5 Å². The van der Waals surface area contributed by atoms with Gasteiger partial charge in [-0.3, -0.25) is 20.4 Å². The maximum absolute atomic E-state index is 12.4. The Bertz CT molecular complexity index is 759. The van der Waals surface area contributed by atoms with Crippen LogP contribution in [-0.2, 0) is 0 Å². The van der Waals surface area contributed by atoms with Crippen LogP contribution in [-0.4, -0.2) is 25.5 Å². The normalized spacial score (nSPS) is 10.3. The van der Waals surface area contributed by atoms with Gasteiger partial charge in [-0.05, 0) is 36.6 Å². The second-order valence-electron chi connectivity index (χ2n) is 6.14. The van der Waals surface area contributed by atoms with E-state index in [0.717, 1.165) is 6.42 Å². The number of benzene rings is 2. The number of hydrogen-bond donors (Lipinski definition) is 2. The lowest BCUT2D eigenvalue weighted by molar-refractivity contribution is 0.0842. The van der Waals surface area contributed by atoms with Crippen molar-refractivity contribution in [2.24, 2.45) is 5.92 Å². The number of carbonyl (C=O) groups excluding carboxylic acids is 2. The van der Waals surface area contributed by atoms with Gasteiger partial charge in [0.2, 0.25) is 0 Å². The van der Waals surface area contributed by atoms with E-state index in [2.05, 4.69) is 24.7 Å². The first-order chi connectivity index (χ1) is 12.5. The molecule has 2 aromatic rings. The van der Waals surface area contributed by atoms with E-state index < -0.39 is 11.8 Å². The maximum Gasteiger partial charge on any atom is 0.273 e. The molecule has 2 aromatic carbocycles. The summed E-state index contributed by atoms with van der Waals surface area (Å²) >= 11 is 0. The fourth-order valence-electron chi connectivity index (χ4n) is 2.27. The van der Waals surface area contributed by atoms with Gasteiger partial charge < -0.3 is 9.47 Å². The molecule has 0 heterocycles. The summed E-state index contributed by atoms with van der Waals surface area (Å²) in [5, 5.41) is 0. The van der Waals surface area contributed by atoms with Gasteiger partial charge in [-0.2, -0.15) is 0 Å². The van der Waals surface area contributed by atoms with E-state index in [0.29, 0.717) is 35.2 Å². The van der Waals surface area contributed by atoms with Crippen molar-refractivity contribution < 1.29 is 19.1 Å². The van der Waals surface area contributed by atoms with Crippen molar-refractivity contribution in [3.05, 3.63) is 59.7 Å². The number of nitrogens with one attached hydrogen (secondary N) is 2. The Labute approximate surface area is 153 Å². The van der Waals surface area contributed by atoms with Crippen molar-refractivity contribution in [2.45, 2.75) is 20.3 Å². The molecule has 6 nitrogen and oxygen atoms in total. The number of methoxy groups -OCH3 is 1. The van der Waals surface area contributed by atoms with Crippen LogP contribution in [0, 0.1) is 5.92 Å². The SMILES string of the molecule is COc1ccccc1C(=O)NNC(=O)c1ccccc1OCCC(C)C. The molecule has 2 amide bonds. The van der Waals surface area contributed by atoms with Gasteiger partial charge in [0.25, 0.3) is 11.8 Å². The molecule has 138 valence electrons. The van der Waals surface area contributed by atoms with E-state index in [1.165, 1.54) is 7.11 Å². The minimum atomic E-state index is -0.464. The first-order valence-electron chi connectivity index (χ1n) is 8.48. The average Bonchev–Trinajstić information content (AvgIpc) is 2.65. The van der Waals surface area contributed by atoms with Crippen molar-refractivity contribution in [3.63, 3.8) is 0 Å². The van der Waals surface area contributed by atoms with Crippen LogP contribution >= 0.6 is 0 Å². The second-order valence-corrected chi connectivity index (χ2v) is 6.14. The molecule has 0 bridgehead atoms. The molecule has 0 atom stereocenters. The summed E-state index contributed by atoms with van der Waals surface area (Å²) in [7, 11) is 1.48. The topological polar surface area (TPSA) is 76.7 Å². The van der Waals surface area contributed by atoms with Gasteiger partial charge >= 0.3 is 0 Å². The number of hydrogen-bond acceptors (Lipinski definition) is 4. The molecule has 6 heteroatoms. The van der Waals surface area contributed by atoms with Crippen LogP contribution in [0.25, 0.3) is 0 Å². The Kier molecular flexibility index (Phi) is 7.02. The molecule has 26 heavy (non-hydrogen) atoms. The summed E-state index contributed by atoms with van der Waals surface area (Å²) in [6, 6.07) is 13.7. The third-order valence-electron chi connectivity index (χ3n) is 3.73. The fraction of sp³-hybridized carbons (Fsp3) is 0.300. The van der Waals surface area contributed by atoms with E-state index in [4.69, 9.17) is 9.47 Å². The summed E-state index contributed by atoms with van der Waals surface area (Å²) in [6.45, 7) is 4.74. The third-order valence-corrected chi connectivity index (χ3v) is 3.73. The predicted molar refractivity (Wildman–Crippen MR) is 99.3 cm³/mol. The molecule has 0 aliphatic heterocycles. The summed E-state index contributed by atoms with van der Waals surface area (Å²) in [5.41, 5.74) is 5.50. The predicted octanol–water partition coefficient (Wildman–Crippen LogP) is 3.19. The largest absolute Gasteiger partial charge is 0.496 e. The lowest BCUT2D eigenvalue weighted by atomic mass is 10.1. The molecule has 0 aromatic heterocycles. The van der Waals surface area contributed by atoms with E-state index >= 15 is 0 Å². The lowest BCUT2D eigenvalue weighted by Crippen LogP contribution is -2.41. The molecule has 0 radical (unpaired) electrons. The quantitative estimate of drug-likeness (QED) is 0.747. The van der Waals surface area contributed by atoms with Gasteiger partial charge in [0.15, 0.2) is 0 Å². The van der Waals surface area contributed by atoms with E-state index in [1.54, 1.807) is 48.5 Å². The van der Waals surface area contributed by atoms with Gasteiger partial charge in [0, 0.05) is 0 Å². The molecular weight excluding hydrogens is 332 g/mol. The maximum atomic E-state index is 12.4. The molecule has 0 fully saturated rings. The lowest BCUT2D eigenvalue weighted by Gasteiger charge is -2.13. The zero-order valence-corrected chi connectivity index (χ0v) is 15.2. The van der Waals surface area contributed by atoms with Crippen molar-refractivity contribution >= 4 is 11.8 Å². The van der Waals surface area contributed by atoms with Gasteiger partial charge in [-0.25, -0.2) is 0 Å². The number of rotatable bonds is 7. The number of ether oxygens (including phenoxy) is 2. The minimum absolute atomic E-state index is 0.330. The Hall–Kier alpha value is -3.02. The number of carbonyl (C=O) groups is 2. The zero-order chi connectivity index (χ0) is 18.9. The Morgan fingerprint density at radius 1 is 0.885 bits per heavy atom. The van der Waals surface area contributed by atoms with Crippen molar-refractivity contribution in [1.82, 2.24) is 10.9 Å². The van der Waals surface area contributed by atoms with Gasteiger partial charge in [0.05, 0.1) is 24.8 Å². The monoisotopic (exact) mass is 356 g/mol. The van der Waals surface area contributed by atoms with Crippen LogP contribution < -0.4 is 20.3 Å². The standard InChI is InChI=1S/C20H24N2O4/c1-14(2)12-13-26-18-11-7-5-9-16(18)20(24)22-21-19(23)15-8-4-6-10-17(15)25-3/h4-11,14H,12-13H2,1-3H3,(H,21,23)(H,22,24). The van der Waals surface area contributed by atoms with Gasteiger partial charge in [0.1, 0.15) is 11.5 Å². The minimum Gasteiger partial charge on any atom is -0.496 e. The van der Waals surface area contributed by atoms with Crippen molar-refractivity contribution in [1.29, 1.82) is 0 Å². The number of amides is 2. The van der Waals surface area contributed by atoms with Gasteiger partial charge in [-0.15, -0.1) is 0 Å². The van der Waals surface area contributed by atoms with Crippen molar-refractivity contribution in [2.75, 3.05) is 13.7 Å². The second kappa shape index (κ2) is 9.46. The molecule has 2 N–H and O–H groups in total. The summed E-state index contributed by atoms with van der Waals surface area (Å²) < 4.78 is 10.9. The molecule has 2 rings (SSSR count). The molecular formula is C20H24N2O4. The first-order valence-corrected chi connectivity index (χ1v) is 8.48. The van der Waals surface area contributed by atoms with Crippen LogP contribution in [0.5, 0.6) is 11.5 Å². The van der Waals surface area contributed by atoms with Crippen LogP contribution in [0.4, 0.5) is 0 Å². The van der Waals surface area contributed by atoms with E-state index in [1.807, 2.05) is 0 Å². The summed E-state index contributed by atoms with van der Waals surface area (Å²) in [6.07, 6.45) is 0.889. The molecule has 0 saturated carbocycles. The molecule has 0 saturated heterocycles. The fourth-order valence-corrected chi connectivity index (χ4v) is 2.27. The molecule has 0 spiro atoms. The highest BCUT2D eigenvalue weighted by molar-refractivity contribution is 6.01. The first kappa shape index (κ1) is 19.3. The van der Waals surface area contributed by atoms with Crippen LogP contribution in [0.3, 0.4) is 0 Å². The number of para-hydroxylation sites is 2. The third kappa shape index (κ3) is 5.24. The number of hydrazine groups is 1. The smallest absolute Gasteiger partial charge is 0.273 e. The highest BCUT2D eigenvalue weighted by Gasteiger charge is 2.15. The zero-order valence-electron chi connectivity index (χ0n) is 15.2. The molecule has 0 unspecified atom stereocenters. The van der Waals surface area contributed by atoms with Crippen LogP contribution in [0.1, 0.15) is 41.0 Å². The highest BCUT2D eigenvalue weighted by Crippen LogP contribution is 2.19. The highest BCUT2D eigenvalue weighted by atomic mass is 16.5. The Morgan fingerprint density at radius 2 is 1.38 bits per heavy atom. The summed E-state index contributed by atoms with van der Waals surface area (Å²) in [5.74, 6) is 0.507. The molecule has 0 aliphatic rings. The van der Waals surface area contributed by atoms with Crippen LogP contribution in [0.2, 0.25) is 0 Å². The molecule has 0 aliphatic carbocycles. The average molecular weight is 356 g/mol. The van der Waals surface area contributed by atoms with E-state index in [-0.39, 0.29) is 0 Å². The Balaban J connectivity index is 2.00. The Morgan fingerprint density at radius 3 is 1.92 bits per heavy atom.